The fourth-order valence-electron chi connectivity index (χ4n) is 5.87. The normalized spacial score (nSPS) is 28.7. The predicted molar refractivity (Wildman–Crippen MR) is 126 cm³/mol. The van der Waals surface area contributed by atoms with Gasteiger partial charge in [-0.2, -0.15) is 0 Å². The highest BCUT2D eigenvalue weighted by Gasteiger charge is 2.78. The van der Waals surface area contributed by atoms with E-state index >= 15 is 0 Å². The second-order valence-corrected chi connectivity index (χ2v) is 9.02. The number of carbonyl (C=O) groups excluding carboxylic acids is 1. The molecule has 4 N–H and O–H groups in total. The Labute approximate surface area is 202 Å². The number of benzene rings is 3. The fraction of sp³-hybridized carbons (Fsp3) is 0.296. The van der Waals surface area contributed by atoms with Gasteiger partial charge in [-0.25, -0.2) is 5.48 Å². The van der Waals surface area contributed by atoms with Crippen molar-refractivity contribution in [2.75, 3.05) is 14.2 Å². The molecule has 3 aromatic rings. The molecule has 1 saturated carbocycles. The number of amides is 1. The summed E-state index contributed by atoms with van der Waals surface area (Å²) in [6, 6.07) is 18.9. The first-order chi connectivity index (χ1) is 16.8. The van der Waals surface area contributed by atoms with Gasteiger partial charge >= 0.3 is 0 Å². The number of carbonyl (C=O) groups is 1. The third kappa shape index (κ3) is 3.07. The summed E-state index contributed by atoms with van der Waals surface area (Å²) in [4.78, 5) is 18.2. The van der Waals surface area contributed by atoms with Gasteiger partial charge in [0.15, 0.2) is 11.2 Å². The Morgan fingerprint density at radius 1 is 1.06 bits per heavy atom. The summed E-state index contributed by atoms with van der Waals surface area (Å²) in [7, 11) is 2.78. The van der Waals surface area contributed by atoms with Crippen molar-refractivity contribution in [3.05, 3.63) is 89.0 Å². The molecule has 35 heavy (non-hydrogen) atoms. The largest absolute Gasteiger partial charge is 0.508 e. The first-order valence-electron chi connectivity index (χ1n) is 11.3. The second kappa shape index (κ2) is 8.27. The van der Waals surface area contributed by atoms with Crippen molar-refractivity contribution in [1.29, 1.82) is 0 Å². The average molecular weight is 478 g/mol. The Morgan fingerprint density at radius 2 is 1.74 bits per heavy atom. The minimum atomic E-state index is -2.09. The van der Waals surface area contributed by atoms with E-state index in [0.29, 0.717) is 22.6 Å². The monoisotopic (exact) mass is 477 g/mol. The number of ether oxygens (including phenoxy) is 2. The molecule has 0 radical (unpaired) electrons. The second-order valence-electron chi connectivity index (χ2n) is 9.02. The van der Waals surface area contributed by atoms with Crippen molar-refractivity contribution >= 4 is 5.91 Å². The molecule has 0 spiro atoms. The van der Waals surface area contributed by atoms with Crippen LogP contribution < -0.4 is 15.0 Å². The van der Waals surface area contributed by atoms with Crippen molar-refractivity contribution in [1.82, 2.24) is 5.48 Å². The Morgan fingerprint density at radius 3 is 2.37 bits per heavy atom. The standard InChI is InChI=1S/C27H27NO7/c1-15-13-19(33-2)23-20(14-15)35-27(17-9-11-18(29)12-10-17)22(16-7-5-4-6-8-16)21(25(31)28-34-3)24(30)26(23,27)32/h4-14,21-22,24,29-30,32H,1-3H3,(H,28,31)/t21-,22-,24-,26+,27+/m1/s1. The van der Waals surface area contributed by atoms with Crippen LogP contribution in [0.4, 0.5) is 0 Å². The zero-order chi connectivity index (χ0) is 25.0. The Kier molecular flexibility index (Phi) is 5.47. The number of methoxy groups -OCH3 is 1. The van der Waals surface area contributed by atoms with E-state index in [0.717, 1.165) is 5.56 Å². The smallest absolute Gasteiger partial charge is 0.250 e. The molecule has 1 amide bonds. The fourth-order valence-corrected chi connectivity index (χ4v) is 5.87. The van der Waals surface area contributed by atoms with Crippen LogP contribution in [-0.4, -0.2) is 41.6 Å². The third-order valence-electron chi connectivity index (χ3n) is 7.17. The molecular weight excluding hydrogens is 450 g/mol. The molecule has 8 nitrogen and oxygen atoms in total. The summed E-state index contributed by atoms with van der Waals surface area (Å²) in [5.41, 5.74) is 0.858. The van der Waals surface area contributed by atoms with E-state index in [2.05, 4.69) is 5.48 Å². The van der Waals surface area contributed by atoms with Crippen LogP contribution in [0.5, 0.6) is 17.2 Å². The summed E-state index contributed by atoms with van der Waals surface area (Å²) in [6.07, 6.45) is -1.60. The molecule has 0 saturated heterocycles. The number of fused-ring (bicyclic) bond motifs is 3. The lowest BCUT2D eigenvalue weighted by molar-refractivity contribution is -0.157. The number of aromatic hydroxyl groups is 1. The highest BCUT2D eigenvalue weighted by Crippen LogP contribution is 2.69. The summed E-state index contributed by atoms with van der Waals surface area (Å²) in [5, 5.41) is 34.4. The molecule has 5 rings (SSSR count). The Bertz CT molecular complexity index is 1260. The summed E-state index contributed by atoms with van der Waals surface area (Å²) in [5.74, 6) is -1.90. The van der Waals surface area contributed by atoms with E-state index in [4.69, 9.17) is 14.3 Å². The molecule has 8 heteroatoms. The number of aryl methyl sites for hydroxylation is 1. The van der Waals surface area contributed by atoms with E-state index in [-0.39, 0.29) is 11.3 Å². The molecule has 1 aliphatic heterocycles. The van der Waals surface area contributed by atoms with E-state index in [1.165, 1.54) is 26.4 Å². The molecule has 0 aromatic heterocycles. The van der Waals surface area contributed by atoms with Gasteiger partial charge in [0.2, 0.25) is 5.91 Å². The van der Waals surface area contributed by atoms with Crippen LogP contribution in [-0.2, 0) is 20.8 Å². The Hall–Kier alpha value is -3.59. The van der Waals surface area contributed by atoms with E-state index in [1.54, 1.807) is 24.3 Å². The topological polar surface area (TPSA) is 117 Å². The van der Waals surface area contributed by atoms with Crippen LogP contribution in [0.2, 0.25) is 0 Å². The third-order valence-corrected chi connectivity index (χ3v) is 7.17. The van der Waals surface area contributed by atoms with Crippen molar-refractivity contribution in [2.45, 2.75) is 30.1 Å². The molecule has 5 atom stereocenters. The minimum Gasteiger partial charge on any atom is -0.508 e. The quantitative estimate of drug-likeness (QED) is 0.418. The zero-order valence-electron chi connectivity index (χ0n) is 19.6. The molecule has 0 unspecified atom stereocenters. The first-order valence-corrected chi connectivity index (χ1v) is 11.3. The number of phenolic OH excluding ortho intramolecular Hbond substituents is 1. The lowest BCUT2D eigenvalue weighted by Crippen LogP contribution is -2.52. The van der Waals surface area contributed by atoms with Crippen LogP contribution in [0.3, 0.4) is 0 Å². The molecule has 182 valence electrons. The maximum Gasteiger partial charge on any atom is 0.250 e. The number of hydroxylamine groups is 1. The highest BCUT2D eigenvalue weighted by molar-refractivity contribution is 5.82. The van der Waals surface area contributed by atoms with Gasteiger partial charge in [0, 0.05) is 5.92 Å². The van der Waals surface area contributed by atoms with Gasteiger partial charge in [0.25, 0.3) is 0 Å². The van der Waals surface area contributed by atoms with E-state index in [1.807, 2.05) is 37.3 Å². The Balaban J connectivity index is 1.88. The number of hydrogen-bond donors (Lipinski definition) is 4. The number of rotatable bonds is 5. The molecule has 0 bridgehead atoms. The zero-order valence-corrected chi connectivity index (χ0v) is 19.6. The van der Waals surface area contributed by atoms with Crippen molar-refractivity contribution in [3.63, 3.8) is 0 Å². The van der Waals surface area contributed by atoms with Gasteiger partial charge < -0.3 is 24.8 Å². The predicted octanol–water partition coefficient (Wildman–Crippen LogP) is 2.64. The van der Waals surface area contributed by atoms with Gasteiger partial charge in [-0.1, -0.05) is 42.5 Å². The lowest BCUT2D eigenvalue weighted by atomic mass is 9.70. The van der Waals surface area contributed by atoms with Gasteiger partial charge in [0.1, 0.15) is 23.4 Å². The van der Waals surface area contributed by atoms with Gasteiger partial charge in [-0.15, -0.1) is 0 Å². The SMILES string of the molecule is CONC(=O)[C@H]1[C@@H](O)[C@@]2(O)c3c(OC)cc(C)cc3O[C@@]2(c2ccc(O)cc2)[C@@H]1c1ccccc1. The van der Waals surface area contributed by atoms with Gasteiger partial charge in [-0.05, 0) is 47.9 Å². The number of phenols is 1. The number of nitrogens with one attached hydrogen (secondary N) is 1. The van der Waals surface area contributed by atoms with E-state index < -0.39 is 35.0 Å². The maximum atomic E-state index is 13.3. The highest BCUT2D eigenvalue weighted by atomic mass is 16.6. The summed E-state index contributed by atoms with van der Waals surface area (Å²) < 4.78 is 12.3. The first kappa shape index (κ1) is 23.2. The van der Waals surface area contributed by atoms with Crippen LogP contribution >= 0.6 is 0 Å². The van der Waals surface area contributed by atoms with Crippen LogP contribution in [0.1, 0.15) is 28.2 Å². The maximum absolute atomic E-state index is 13.3. The van der Waals surface area contributed by atoms with Crippen molar-refractivity contribution < 1.29 is 34.4 Å². The molecule has 1 heterocycles. The molecule has 1 fully saturated rings. The number of aliphatic hydroxyl groups excluding tert-OH is 1. The van der Waals surface area contributed by atoms with E-state index in [9.17, 15) is 20.1 Å². The summed E-state index contributed by atoms with van der Waals surface area (Å²) in [6.45, 7) is 1.87. The minimum absolute atomic E-state index is 0.0288. The van der Waals surface area contributed by atoms with Crippen molar-refractivity contribution in [2.24, 2.45) is 5.92 Å². The molecule has 1 aliphatic carbocycles. The summed E-state index contributed by atoms with van der Waals surface area (Å²) >= 11 is 0. The van der Waals surface area contributed by atoms with Crippen LogP contribution in [0.25, 0.3) is 0 Å². The van der Waals surface area contributed by atoms with Crippen molar-refractivity contribution in [3.8, 4) is 17.2 Å². The number of hydrogen-bond acceptors (Lipinski definition) is 7. The molecular formula is C27H27NO7. The van der Waals surface area contributed by atoms with Crippen LogP contribution in [0.15, 0.2) is 66.7 Å². The average Bonchev–Trinajstić information content (AvgIpc) is 3.22. The number of aliphatic hydroxyl groups is 2. The van der Waals surface area contributed by atoms with Gasteiger partial charge in [0.05, 0.1) is 25.7 Å². The molecule has 3 aromatic carbocycles. The lowest BCUT2D eigenvalue weighted by Gasteiger charge is -2.40. The van der Waals surface area contributed by atoms with Gasteiger partial charge in [-0.3, -0.25) is 9.63 Å². The molecule has 2 aliphatic rings. The van der Waals surface area contributed by atoms with Crippen LogP contribution in [0, 0.1) is 12.8 Å².